The Kier molecular flexibility index (Phi) is 5.25. The molecule has 0 saturated carbocycles. The van der Waals surface area contributed by atoms with Crippen molar-refractivity contribution < 1.29 is 8.78 Å². The van der Waals surface area contributed by atoms with Crippen LogP contribution in [-0.4, -0.2) is 45.1 Å². The lowest BCUT2D eigenvalue weighted by Gasteiger charge is -2.13. The zero-order valence-corrected chi connectivity index (χ0v) is 7.64. The highest BCUT2D eigenvalue weighted by molar-refractivity contribution is 5.96. The average Bonchev–Trinajstić information content (AvgIpc) is 2.06. The molecule has 0 aromatic rings. The molecule has 0 unspecified atom stereocenters. The molecule has 0 aromatic heterocycles. The molecular weight excluding hydrogens is 162 g/mol. The zero-order valence-electron chi connectivity index (χ0n) is 7.64. The first-order chi connectivity index (χ1) is 5.65. The molecule has 0 atom stereocenters. The monoisotopic (exact) mass is 176 g/mol. The van der Waals surface area contributed by atoms with Crippen molar-refractivity contribution in [1.29, 1.82) is 0 Å². The first-order valence-electron chi connectivity index (χ1n) is 3.61. The molecular formula is C8H14F2N2. The van der Waals surface area contributed by atoms with Crippen LogP contribution >= 0.6 is 0 Å². The van der Waals surface area contributed by atoms with Crippen molar-refractivity contribution in [3.8, 4) is 0 Å². The fraction of sp³-hybridized carbons (Fsp3) is 0.625. The predicted molar refractivity (Wildman–Crippen MR) is 47.1 cm³/mol. The van der Waals surface area contributed by atoms with Crippen LogP contribution < -0.4 is 0 Å². The lowest BCUT2D eigenvalue weighted by atomic mass is 10.3. The number of halogens is 2. The number of hydrogen-bond donors (Lipinski definition) is 0. The molecule has 70 valence electrons. The number of hydrogen-bond acceptors (Lipinski definition) is 2. The summed E-state index contributed by atoms with van der Waals surface area (Å²) in [6.45, 7) is -1.26. The molecule has 0 fully saturated rings. The van der Waals surface area contributed by atoms with Crippen molar-refractivity contribution in [2.75, 3.05) is 34.5 Å². The Balaban J connectivity index is 4.47. The van der Waals surface area contributed by atoms with Crippen molar-refractivity contribution in [2.24, 2.45) is 4.99 Å². The number of alkyl halides is 2. The summed E-state index contributed by atoms with van der Waals surface area (Å²) < 4.78 is 24.4. The van der Waals surface area contributed by atoms with E-state index in [2.05, 4.69) is 4.99 Å². The van der Waals surface area contributed by atoms with Crippen LogP contribution in [0.1, 0.15) is 0 Å². The molecule has 0 aliphatic carbocycles. The van der Waals surface area contributed by atoms with Gasteiger partial charge in [-0.3, -0.25) is 4.99 Å². The molecule has 0 bridgehead atoms. The van der Waals surface area contributed by atoms with Crippen LogP contribution in [-0.2, 0) is 0 Å². The van der Waals surface area contributed by atoms with Crippen LogP contribution in [0.25, 0.3) is 0 Å². The van der Waals surface area contributed by atoms with Crippen molar-refractivity contribution in [1.82, 2.24) is 4.90 Å². The van der Waals surface area contributed by atoms with Crippen LogP contribution in [0.5, 0.6) is 0 Å². The van der Waals surface area contributed by atoms with E-state index in [1.165, 1.54) is 13.1 Å². The molecule has 0 radical (unpaired) electrons. The molecule has 0 N–H and O–H groups in total. The standard InChI is InChI=1S/C8H14F2N2/c1-11-7(5-9)4-8(6-10)12(2)3/h4H,5-6H2,1-3H3/b8-4-,11-7?. The highest BCUT2D eigenvalue weighted by Crippen LogP contribution is 2.00. The minimum atomic E-state index is -0.659. The first-order valence-corrected chi connectivity index (χ1v) is 3.61. The molecule has 0 spiro atoms. The largest absolute Gasteiger partial charge is 0.379 e. The molecule has 0 saturated heterocycles. The van der Waals surface area contributed by atoms with E-state index in [0.29, 0.717) is 5.70 Å². The summed E-state index contributed by atoms with van der Waals surface area (Å²) in [6, 6.07) is 0. The number of allylic oxidation sites excluding steroid dienone is 2. The van der Waals surface area contributed by atoms with Crippen LogP contribution in [0.4, 0.5) is 8.78 Å². The number of nitrogens with zero attached hydrogens (tertiary/aromatic N) is 2. The maximum absolute atomic E-state index is 12.3. The second-order valence-corrected chi connectivity index (χ2v) is 2.51. The van der Waals surface area contributed by atoms with Crippen molar-refractivity contribution >= 4 is 5.71 Å². The van der Waals surface area contributed by atoms with Crippen LogP contribution in [0.3, 0.4) is 0 Å². The topological polar surface area (TPSA) is 15.6 Å². The molecule has 2 nitrogen and oxygen atoms in total. The normalized spacial score (nSPS) is 13.4. The van der Waals surface area contributed by atoms with Crippen LogP contribution in [0.15, 0.2) is 16.8 Å². The smallest absolute Gasteiger partial charge is 0.131 e. The van der Waals surface area contributed by atoms with Gasteiger partial charge in [0, 0.05) is 26.8 Å². The summed E-state index contributed by atoms with van der Waals surface area (Å²) in [6.07, 6.45) is 1.42. The van der Waals surface area contributed by atoms with Gasteiger partial charge < -0.3 is 4.90 Å². The van der Waals surface area contributed by atoms with E-state index in [9.17, 15) is 8.78 Å². The Hall–Kier alpha value is -0.930. The van der Waals surface area contributed by atoms with E-state index in [4.69, 9.17) is 0 Å². The quantitative estimate of drug-likeness (QED) is 0.592. The van der Waals surface area contributed by atoms with E-state index in [-0.39, 0.29) is 5.71 Å². The van der Waals surface area contributed by atoms with Gasteiger partial charge in [0.25, 0.3) is 0 Å². The fourth-order valence-electron chi connectivity index (χ4n) is 0.642. The van der Waals surface area contributed by atoms with Crippen molar-refractivity contribution in [3.05, 3.63) is 11.8 Å². The Morgan fingerprint density at radius 1 is 1.33 bits per heavy atom. The summed E-state index contributed by atoms with van der Waals surface area (Å²) in [5, 5.41) is 0. The Labute approximate surface area is 71.6 Å². The first kappa shape index (κ1) is 11.1. The van der Waals surface area contributed by atoms with Gasteiger partial charge >= 0.3 is 0 Å². The molecule has 4 heteroatoms. The molecule has 0 amide bonds. The summed E-state index contributed by atoms with van der Waals surface area (Å²) in [4.78, 5) is 5.25. The number of aliphatic imine (C=N–C) groups is 1. The van der Waals surface area contributed by atoms with Gasteiger partial charge in [0.05, 0.1) is 5.71 Å². The Morgan fingerprint density at radius 3 is 2.17 bits per heavy atom. The maximum atomic E-state index is 12.3. The van der Waals surface area contributed by atoms with E-state index in [0.717, 1.165) is 0 Å². The third-order valence-electron chi connectivity index (χ3n) is 1.47. The Morgan fingerprint density at radius 2 is 1.92 bits per heavy atom. The minimum Gasteiger partial charge on any atom is -0.379 e. The summed E-state index contributed by atoms with van der Waals surface area (Å²) in [7, 11) is 4.89. The Bertz CT molecular complexity index is 185. The predicted octanol–water partition coefficient (Wildman–Crippen LogP) is 1.44. The molecule has 12 heavy (non-hydrogen) atoms. The van der Waals surface area contributed by atoms with Gasteiger partial charge in [0.1, 0.15) is 13.3 Å². The number of rotatable bonds is 4. The van der Waals surface area contributed by atoms with Gasteiger partial charge in [-0.2, -0.15) is 0 Å². The van der Waals surface area contributed by atoms with E-state index in [1.54, 1.807) is 19.0 Å². The van der Waals surface area contributed by atoms with Gasteiger partial charge in [-0.05, 0) is 6.08 Å². The summed E-state index contributed by atoms with van der Waals surface area (Å²) >= 11 is 0. The van der Waals surface area contributed by atoms with E-state index >= 15 is 0 Å². The molecule has 0 aromatic carbocycles. The summed E-state index contributed by atoms with van der Waals surface area (Å²) in [5.74, 6) is 0. The third-order valence-corrected chi connectivity index (χ3v) is 1.47. The van der Waals surface area contributed by atoms with Gasteiger partial charge in [-0.15, -0.1) is 0 Å². The maximum Gasteiger partial charge on any atom is 0.131 e. The highest BCUT2D eigenvalue weighted by atomic mass is 19.1. The van der Waals surface area contributed by atoms with E-state index in [1.807, 2.05) is 0 Å². The highest BCUT2D eigenvalue weighted by Gasteiger charge is 2.01. The fourth-order valence-corrected chi connectivity index (χ4v) is 0.642. The zero-order chi connectivity index (χ0) is 9.56. The molecule has 0 rings (SSSR count). The van der Waals surface area contributed by atoms with Crippen LogP contribution in [0, 0.1) is 0 Å². The van der Waals surface area contributed by atoms with Crippen molar-refractivity contribution in [2.45, 2.75) is 0 Å². The molecule has 0 aliphatic rings. The van der Waals surface area contributed by atoms with Gasteiger partial charge in [-0.1, -0.05) is 0 Å². The SMILES string of the molecule is CN=C(/C=C(/CF)N(C)C)CF. The van der Waals surface area contributed by atoms with Crippen molar-refractivity contribution in [3.63, 3.8) is 0 Å². The van der Waals surface area contributed by atoms with E-state index < -0.39 is 13.3 Å². The van der Waals surface area contributed by atoms with Gasteiger partial charge in [0.2, 0.25) is 0 Å². The molecule has 0 aliphatic heterocycles. The second-order valence-electron chi connectivity index (χ2n) is 2.51. The lowest BCUT2D eigenvalue weighted by molar-refractivity contribution is 0.420. The minimum absolute atomic E-state index is 0.261. The van der Waals surface area contributed by atoms with Gasteiger partial charge in [-0.25, -0.2) is 8.78 Å². The van der Waals surface area contributed by atoms with Gasteiger partial charge in [0.15, 0.2) is 0 Å². The van der Waals surface area contributed by atoms with Crippen LogP contribution in [0.2, 0.25) is 0 Å². The lowest BCUT2D eigenvalue weighted by Crippen LogP contribution is -2.14. The third kappa shape index (κ3) is 3.46. The molecule has 0 heterocycles. The average molecular weight is 176 g/mol. The summed E-state index contributed by atoms with van der Waals surface area (Å²) in [5.41, 5.74) is 0.685. The second kappa shape index (κ2) is 5.69.